The molecule has 1 aliphatic carbocycles. The van der Waals surface area contributed by atoms with E-state index in [4.69, 9.17) is 0 Å². The van der Waals surface area contributed by atoms with Crippen molar-refractivity contribution in [2.24, 2.45) is 10.9 Å². The summed E-state index contributed by atoms with van der Waals surface area (Å²) >= 11 is 2.44. The molecule has 2 aromatic rings. The maximum atomic E-state index is 13.1. The molecule has 1 N–H and O–H groups in total. The number of alkyl halides is 1. The first-order valence-electron chi connectivity index (χ1n) is 9.04. The largest absolute Gasteiger partial charge is 0.340 e. The van der Waals surface area contributed by atoms with E-state index in [0.29, 0.717) is 11.9 Å². The summed E-state index contributed by atoms with van der Waals surface area (Å²) in [6.07, 6.45) is 5.67. The third-order valence-electron chi connectivity index (χ3n) is 5.46. The third kappa shape index (κ3) is 3.21. The first-order chi connectivity index (χ1) is 13.0. The molecule has 1 aromatic carbocycles. The van der Waals surface area contributed by atoms with Crippen molar-refractivity contribution < 1.29 is 8.42 Å². The number of nitrogens with one attached hydrogen (secondary N) is 1. The summed E-state index contributed by atoms with van der Waals surface area (Å²) in [5.41, 5.74) is 1.92. The average Bonchev–Trinajstić information content (AvgIpc) is 3.06. The van der Waals surface area contributed by atoms with E-state index in [9.17, 15) is 8.42 Å². The average molecular weight is 498 g/mol. The van der Waals surface area contributed by atoms with Crippen LogP contribution in [0.5, 0.6) is 0 Å². The lowest BCUT2D eigenvalue weighted by atomic mass is 9.80. The topological polar surface area (TPSA) is 66.7 Å². The van der Waals surface area contributed by atoms with Crippen molar-refractivity contribution in [3.63, 3.8) is 0 Å². The SMILES string of the molecule is CNC1c2ccn(S(=O)(=O)c3ccc(C)cc3)c2N=CN1C1CC(CI)C1. The van der Waals surface area contributed by atoms with Gasteiger partial charge in [-0.3, -0.25) is 5.32 Å². The van der Waals surface area contributed by atoms with Crippen LogP contribution in [-0.2, 0) is 10.0 Å². The van der Waals surface area contributed by atoms with Crippen molar-refractivity contribution in [1.82, 2.24) is 14.2 Å². The molecule has 27 heavy (non-hydrogen) atoms. The molecule has 2 heterocycles. The number of nitrogens with zero attached hydrogens (tertiary/aromatic N) is 3. The third-order valence-corrected chi connectivity index (χ3v) is 8.39. The van der Waals surface area contributed by atoms with Gasteiger partial charge in [-0.15, -0.1) is 0 Å². The number of halogens is 1. The normalized spacial score (nSPS) is 24.6. The van der Waals surface area contributed by atoms with E-state index in [1.807, 2.05) is 32.2 Å². The smallest absolute Gasteiger partial charge is 0.269 e. The molecule has 1 aliphatic heterocycles. The fraction of sp³-hybridized carbons (Fsp3) is 0.421. The van der Waals surface area contributed by atoms with E-state index >= 15 is 0 Å². The van der Waals surface area contributed by atoms with Crippen LogP contribution >= 0.6 is 22.6 Å². The quantitative estimate of drug-likeness (QED) is 0.507. The van der Waals surface area contributed by atoms with Crippen LogP contribution in [0.1, 0.15) is 30.1 Å². The molecule has 8 heteroatoms. The van der Waals surface area contributed by atoms with Gasteiger partial charge in [0.25, 0.3) is 10.0 Å². The molecule has 1 unspecified atom stereocenters. The molecule has 0 spiro atoms. The Balaban J connectivity index is 1.68. The van der Waals surface area contributed by atoms with E-state index in [0.717, 1.165) is 29.9 Å². The standard InChI is InChI=1S/C19H23IN4O2S/c1-13-3-5-16(6-4-13)27(25,26)24-8-7-17-18(21-2)23(12-22-19(17)24)15-9-14(10-15)11-20/h3-8,12,14-15,18,21H,9-11H2,1-2H3. The van der Waals surface area contributed by atoms with Gasteiger partial charge in [0.1, 0.15) is 6.17 Å². The van der Waals surface area contributed by atoms with Gasteiger partial charge in [-0.05, 0) is 50.9 Å². The monoisotopic (exact) mass is 498 g/mol. The minimum Gasteiger partial charge on any atom is -0.340 e. The summed E-state index contributed by atoms with van der Waals surface area (Å²) in [4.78, 5) is 7.04. The Morgan fingerprint density at radius 1 is 1.22 bits per heavy atom. The van der Waals surface area contributed by atoms with Gasteiger partial charge >= 0.3 is 0 Å². The second kappa shape index (κ2) is 7.21. The fourth-order valence-corrected chi connectivity index (χ4v) is 5.84. The Hall–Kier alpha value is -1.39. The van der Waals surface area contributed by atoms with Crippen molar-refractivity contribution in [2.75, 3.05) is 11.5 Å². The van der Waals surface area contributed by atoms with Crippen LogP contribution in [0.3, 0.4) is 0 Å². The fourth-order valence-electron chi connectivity index (χ4n) is 3.81. The second-order valence-corrected chi connectivity index (χ2v) is 9.93. The number of benzene rings is 1. The number of hydrogen-bond donors (Lipinski definition) is 1. The zero-order valence-corrected chi connectivity index (χ0v) is 18.3. The van der Waals surface area contributed by atoms with Gasteiger partial charge in [0.05, 0.1) is 11.2 Å². The lowest BCUT2D eigenvalue weighted by molar-refractivity contribution is 0.108. The molecular weight excluding hydrogens is 475 g/mol. The first-order valence-corrected chi connectivity index (χ1v) is 12.0. The second-order valence-electron chi connectivity index (χ2n) is 7.24. The first kappa shape index (κ1) is 18.9. The van der Waals surface area contributed by atoms with Crippen LogP contribution in [0.4, 0.5) is 5.82 Å². The highest BCUT2D eigenvalue weighted by atomic mass is 127. The Morgan fingerprint density at radius 3 is 2.56 bits per heavy atom. The van der Waals surface area contributed by atoms with Crippen LogP contribution < -0.4 is 5.32 Å². The number of fused-ring (bicyclic) bond motifs is 1. The number of rotatable bonds is 5. The number of hydrogen-bond acceptors (Lipinski definition) is 5. The van der Waals surface area contributed by atoms with E-state index < -0.39 is 10.0 Å². The van der Waals surface area contributed by atoms with Crippen LogP contribution in [0.15, 0.2) is 46.4 Å². The Kier molecular flexibility index (Phi) is 5.06. The summed E-state index contributed by atoms with van der Waals surface area (Å²) in [5.74, 6) is 1.25. The van der Waals surface area contributed by atoms with Gasteiger partial charge in [-0.25, -0.2) is 17.4 Å². The molecule has 1 fully saturated rings. The number of aryl methyl sites for hydroxylation is 1. The highest BCUT2D eigenvalue weighted by molar-refractivity contribution is 14.1. The van der Waals surface area contributed by atoms with Gasteiger partial charge in [-0.1, -0.05) is 40.3 Å². The number of aromatic nitrogens is 1. The Morgan fingerprint density at radius 2 is 1.93 bits per heavy atom. The Labute approximate surface area is 173 Å². The van der Waals surface area contributed by atoms with Crippen LogP contribution in [0.2, 0.25) is 0 Å². The molecule has 6 nitrogen and oxygen atoms in total. The van der Waals surface area contributed by atoms with E-state index in [1.165, 1.54) is 8.40 Å². The predicted molar refractivity (Wildman–Crippen MR) is 115 cm³/mol. The summed E-state index contributed by atoms with van der Waals surface area (Å²) < 4.78 is 28.7. The highest BCUT2D eigenvalue weighted by Gasteiger charge is 2.38. The minimum atomic E-state index is -3.67. The predicted octanol–water partition coefficient (Wildman–Crippen LogP) is 3.44. The maximum Gasteiger partial charge on any atom is 0.269 e. The van der Waals surface area contributed by atoms with Crippen molar-refractivity contribution in [2.45, 2.75) is 36.9 Å². The Bertz CT molecular complexity index is 962. The van der Waals surface area contributed by atoms with E-state index in [2.05, 4.69) is 37.8 Å². The van der Waals surface area contributed by atoms with Crippen molar-refractivity contribution in [1.29, 1.82) is 0 Å². The molecule has 0 saturated heterocycles. The van der Waals surface area contributed by atoms with E-state index in [1.54, 1.807) is 24.7 Å². The van der Waals surface area contributed by atoms with Gasteiger partial charge in [0.15, 0.2) is 5.82 Å². The lowest BCUT2D eigenvalue weighted by Crippen LogP contribution is -2.50. The summed E-state index contributed by atoms with van der Waals surface area (Å²) in [7, 11) is -1.77. The molecule has 1 atom stereocenters. The van der Waals surface area contributed by atoms with Crippen LogP contribution in [-0.4, -0.2) is 41.1 Å². The van der Waals surface area contributed by atoms with Gasteiger partial charge in [-0.2, -0.15) is 0 Å². The van der Waals surface area contributed by atoms with E-state index in [-0.39, 0.29) is 11.1 Å². The number of aliphatic imine (C=N–C) groups is 1. The molecular formula is C19H23IN4O2S. The summed E-state index contributed by atoms with van der Waals surface area (Å²) in [5, 5.41) is 3.33. The minimum absolute atomic E-state index is 0.0628. The van der Waals surface area contributed by atoms with Crippen molar-refractivity contribution in [3.05, 3.63) is 47.7 Å². The molecule has 0 amide bonds. The molecule has 0 bridgehead atoms. The molecule has 1 aromatic heterocycles. The van der Waals surface area contributed by atoms with Gasteiger partial charge in [0.2, 0.25) is 0 Å². The van der Waals surface area contributed by atoms with Gasteiger partial charge in [0, 0.05) is 22.2 Å². The zero-order valence-electron chi connectivity index (χ0n) is 15.3. The van der Waals surface area contributed by atoms with Crippen LogP contribution in [0.25, 0.3) is 0 Å². The lowest BCUT2D eigenvalue weighted by Gasteiger charge is -2.46. The maximum absolute atomic E-state index is 13.1. The molecule has 4 rings (SSSR count). The van der Waals surface area contributed by atoms with Crippen molar-refractivity contribution in [3.8, 4) is 0 Å². The van der Waals surface area contributed by atoms with Crippen LogP contribution in [0, 0.1) is 12.8 Å². The van der Waals surface area contributed by atoms with Crippen molar-refractivity contribution >= 4 is 44.8 Å². The molecule has 0 radical (unpaired) electrons. The summed E-state index contributed by atoms with van der Waals surface area (Å²) in [6, 6.07) is 9.22. The highest BCUT2D eigenvalue weighted by Crippen LogP contribution is 2.41. The van der Waals surface area contributed by atoms with Gasteiger partial charge < -0.3 is 4.90 Å². The zero-order chi connectivity index (χ0) is 19.2. The molecule has 144 valence electrons. The summed E-state index contributed by atoms with van der Waals surface area (Å²) in [6.45, 7) is 1.94. The molecule has 2 aliphatic rings. The molecule has 1 saturated carbocycles.